The molecule has 1 heteroatoms. The molecule has 0 aromatic heterocycles. The molecule has 1 nitrogen and oxygen atoms in total. The van der Waals surface area contributed by atoms with Gasteiger partial charge in [-0.1, -0.05) is 113 Å². The van der Waals surface area contributed by atoms with E-state index in [9.17, 15) is 0 Å². The van der Waals surface area contributed by atoms with Crippen molar-refractivity contribution < 1.29 is 0 Å². The van der Waals surface area contributed by atoms with Crippen molar-refractivity contribution in [2.75, 3.05) is 6.54 Å². The monoisotopic (exact) mass is 361 g/mol. The van der Waals surface area contributed by atoms with E-state index in [1.165, 1.54) is 17.6 Å². The lowest BCUT2D eigenvalue weighted by Crippen LogP contribution is -2.23. The second-order valence-corrected chi connectivity index (χ2v) is 5.63. The SMILES string of the molecule is CC.CC.CC.CC.CCC(C)(C)C1=CCN(Cc2ccccc2)C=C1. The van der Waals surface area contributed by atoms with Crippen molar-refractivity contribution in [1.82, 2.24) is 4.90 Å². The molecule has 152 valence electrons. The second-order valence-electron chi connectivity index (χ2n) is 5.63. The van der Waals surface area contributed by atoms with Gasteiger partial charge in [-0.3, -0.25) is 0 Å². The smallest absolute Gasteiger partial charge is 0.0427 e. The molecule has 26 heavy (non-hydrogen) atoms. The van der Waals surface area contributed by atoms with Gasteiger partial charge in [0.25, 0.3) is 0 Å². The lowest BCUT2D eigenvalue weighted by Gasteiger charge is -2.30. The molecule has 0 radical (unpaired) electrons. The summed E-state index contributed by atoms with van der Waals surface area (Å²) in [7, 11) is 0. The first-order chi connectivity index (χ1) is 12.6. The summed E-state index contributed by atoms with van der Waals surface area (Å²) in [6, 6.07) is 10.6. The van der Waals surface area contributed by atoms with E-state index >= 15 is 0 Å². The zero-order valence-corrected chi connectivity index (χ0v) is 19.7. The predicted molar refractivity (Wildman–Crippen MR) is 124 cm³/mol. The zero-order valence-electron chi connectivity index (χ0n) is 19.7. The van der Waals surface area contributed by atoms with Crippen LogP contribution < -0.4 is 0 Å². The fourth-order valence-electron chi connectivity index (χ4n) is 2.17. The molecule has 0 unspecified atom stereocenters. The molecule has 0 N–H and O–H groups in total. The maximum absolute atomic E-state index is 2.37. The number of hydrogen-bond donors (Lipinski definition) is 0. The van der Waals surface area contributed by atoms with Crippen LogP contribution in [0.3, 0.4) is 0 Å². The fourth-order valence-corrected chi connectivity index (χ4v) is 2.17. The van der Waals surface area contributed by atoms with Gasteiger partial charge in [-0.15, -0.1) is 0 Å². The fraction of sp³-hybridized carbons (Fsp3) is 0.600. The Hall–Kier alpha value is -1.50. The van der Waals surface area contributed by atoms with Gasteiger partial charge in [-0.2, -0.15) is 0 Å². The summed E-state index contributed by atoms with van der Waals surface area (Å²) in [6.07, 6.45) is 8.06. The van der Waals surface area contributed by atoms with Gasteiger partial charge in [-0.05, 0) is 35.2 Å². The summed E-state index contributed by atoms with van der Waals surface area (Å²) in [5.74, 6) is 0. The van der Waals surface area contributed by atoms with E-state index in [4.69, 9.17) is 0 Å². The van der Waals surface area contributed by atoms with Gasteiger partial charge in [0.1, 0.15) is 0 Å². The highest BCUT2D eigenvalue weighted by Crippen LogP contribution is 2.32. The van der Waals surface area contributed by atoms with Crippen molar-refractivity contribution in [2.45, 2.75) is 89.1 Å². The maximum atomic E-state index is 2.37. The zero-order chi connectivity index (χ0) is 21.0. The van der Waals surface area contributed by atoms with Gasteiger partial charge in [-0.25, -0.2) is 0 Å². The molecule has 2 rings (SSSR count). The van der Waals surface area contributed by atoms with Gasteiger partial charge < -0.3 is 4.90 Å². The van der Waals surface area contributed by atoms with E-state index in [0.717, 1.165) is 13.1 Å². The van der Waals surface area contributed by atoms with E-state index in [2.05, 4.69) is 74.4 Å². The Morgan fingerprint density at radius 1 is 0.846 bits per heavy atom. The molecule has 0 saturated carbocycles. The average Bonchev–Trinajstić information content (AvgIpc) is 2.75. The van der Waals surface area contributed by atoms with Crippen molar-refractivity contribution >= 4 is 0 Å². The van der Waals surface area contributed by atoms with Gasteiger partial charge in [0.2, 0.25) is 0 Å². The number of hydrogen-bond acceptors (Lipinski definition) is 1. The molecule has 1 aromatic carbocycles. The third-order valence-corrected chi connectivity index (χ3v) is 3.90. The Balaban J connectivity index is -0.000000585. The van der Waals surface area contributed by atoms with Crippen LogP contribution in [-0.4, -0.2) is 11.4 Å². The number of allylic oxidation sites excluding steroid dienone is 2. The van der Waals surface area contributed by atoms with Crippen LogP contribution in [0.15, 0.2) is 54.3 Å². The molecular formula is C25H47N. The Labute approximate surface area is 166 Å². The van der Waals surface area contributed by atoms with Gasteiger partial charge >= 0.3 is 0 Å². The summed E-state index contributed by atoms with van der Waals surface area (Å²) in [5, 5.41) is 0. The van der Waals surface area contributed by atoms with Gasteiger partial charge in [0, 0.05) is 13.1 Å². The molecule has 0 saturated heterocycles. The number of benzene rings is 1. The Bertz CT molecular complexity index is 440. The van der Waals surface area contributed by atoms with Crippen molar-refractivity contribution in [3.05, 3.63) is 59.8 Å². The normalized spacial score (nSPS) is 11.8. The van der Waals surface area contributed by atoms with Crippen LogP contribution in [0.5, 0.6) is 0 Å². The standard InChI is InChI=1S/C17H23N.4C2H6/c1-4-17(2,3)16-10-12-18(13-11-16)14-15-8-6-5-7-9-15;4*1-2/h5-12H,4,13-14H2,1-3H3;4*1-2H3. The van der Waals surface area contributed by atoms with Crippen LogP contribution in [0.2, 0.25) is 0 Å². The molecule has 0 bridgehead atoms. The first-order valence-electron chi connectivity index (χ1n) is 10.8. The molecule has 1 heterocycles. The minimum atomic E-state index is 0.301. The summed E-state index contributed by atoms with van der Waals surface area (Å²) in [4.78, 5) is 2.35. The van der Waals surface area contributed by atoms with E-state index in [1.54, 1.807) is 0 Å². The lowest BCUT2D eigenvalue weighted by atomic mass is 9.81. The minimum absolute atomic E-state index is 0.301. The third kappa shape index (κ3) is 12.0. The van der Waals surface area contributed by atoms with E-state index in [-0.39, 0.29) is 0 Å². The van der Waals surface area contributed by atoms with Crippen LogP contribution in [0, 0.1) is 5.41 Å². The maximum Gasteiger partial charge on any atom is 0.0427 e. The highest BCUT2D eigenvalue weighted by molar-refractivity contribution is 5.29. The van der Waals surface area contributed by atoms with Crippen LogP contribution >= 0.6 is 0 Å². The first-order valence-corrected chi connectivity index (χ1v) is 10.8. The minimum Gasteiger partial charge on any atom is -0.369 e. The largest absolute Gasteiger partial charge is 0.369 e. The van der Waals surface area contributed by atoms with Crippen molar-refractivity contribution in [2.24, 2.45) is 5.41 Å². The van der Waals surface area contributed by atoms with Crippen LogP contribution in [0.25, 0.3) is 0 Å². The molecule has 0 fully saturated rings. The summed E-state index contributed by atoms with van der Waals surface area (Å²) in [6.45, 7) is 24.9. The van der Waals surface area contributed by atoms with E-state index in [1.807, 2.05) is 55.4 Å². The molecule has 0 atom stereocenters. The Morgan fingerprint density at radius 3 is 1.73 bits per heavy atom. The van der Waals surface area contributed by atoms with Gasteiger partial charge in [0.15, 0.2) is 0 Å². The molecule has 0 aliphatic carbocycles. The second kappa shape index (κ2) is 19.8. The number of rotatable bonds is 4. The summed E-state index contributed by atoms with van der Waals surface area (Å²) in [5.41, 5.74) is 3.14. The molecule has 0 amide bonds. The summed E-state index contributed by atoms with van der Waals surface area (Å²) >= 11 is 0. The first kappa shape index (κ1) is 29.3. The van der Waals surface area contributed by atoms with Crippen molar-refractivity contribution in [1.29, 1.82) is 0 Å². The Morgan fingerprint density at radius 2 is 1.35 bits per heavy atom. The molecule has 1 aliphatic rings. The van der Waals surface area contributed by atoms with Crippen molar-refractivity contribution in [3.8, 4) is 0 Å². The molecule has 0 spiro atoms. The van der Waals surface area contributed by atoms with E-state index < -0.39 is 0 Å². The highest BCUT2D eigenvalue weighted by Gasteiger charge is 2.20. The molecule has 1 aromatic rings. The quantitative estimate of drug-likeness (QED) is 0.519. The van der Waals surface area contributed by atoms with Crippen molar-refractivity contribution in [3.63, 3.8) is 0 Å². The van der Waals surface area contributed by atoms with Crippen LogP contribution in [0.4, 0.5) is 0 Å². The molecular weight excluding hydrogens is 314 g/mol. The summed E-state index contributed by atoms with van der Waals surface area (Å²) < 4.78 is 0. The highest BCUT2D eigenvalue weighted by atomic mass is 15.1. The van der Waals surface area contributed by atoms with Crippen LogP contribution in [-0.2, 0) is 6.54 Å². The van der Waals surface area contributed by atoms with Crippen LogP contribution in [0.1, 0.15) is 88.1 Å². The Kier molecular flexibility index (Phi) is 22.3. The average molecular weight is 362 g/mol. The molecule has 1 aliphatic heterocycles. The van der Waals surface area contributed by atoms with E-state index in [0.29, 0.717) is 5.41 Å². The lowest BCUT2D eigenvalue weighted by molar-refractivity contribution is 0.382. The predicted octanol–water partition coefficient (Wildman–Crippen LogP) is 8.48. The topological polar surface area (TPSA) is 3.24 Å². The van der Waals surface area contributed by atoms with Gasteiger partial charge in [0.05, 0.1) is 0 Å². The number of nitrogens with zero attached hydrogens (tertiary/aromatic N) is 1. The third-order valence-electron chi connectivity index (χ3n) is 3.90.